The third-order valence-electron chi connectivity index (χ3n) is 6.05. The summed E-state index contributed by atoms with van der Waals surface area (Å²) in [6.07, 6.45) is -7.31. The molecule has 15 heteroatoms. The fraction of sp³-hybridized carbons (Fsp3) is 0.731. The van der Waals surface area contributed by atoms with Crippen molar-refractivity contribution in [3.8, 4) is 0 Å². The van der Waals surface area contributed by atoms with E-state index in [4.69, 9.17) is 33.2 Å². The van der Waals surface area contributed by atoms with E-state index in [-0.39, 0.29) is 6.42 Å². The molecule has 0 aromatic heterocycles. The summed E-state index contributed by atoms with van der Waals surface area (Å²) in [5.41, 5.74) is -0.538. The van der Waals surface area contributed by atoms with Gasteiger partial charge in [-0.25, -0.2) is 0 Å². The molecule has 0 saturated carbocycles. The standard InChI is InChI=1S/C26H37NO14/c1-12-9-10-17(24(32)41-26(6,7)8)19(27(33)34)20(12)40-25-23(38-16(5)31)22(37-15(4)30)21(36-14(3)29)18(39-25)11-35-13(2)28/h9,17-23,25H,10-11H2,1-8H3. The minimum atomic E-state index is -1.66. The van der Waals surface area contributed by atoms with Crippen LogP contribution in [0, 0.1) is 16.0 Å². The van der Waals surface area contributed by atoms with Gasteiger partial charge in [0, 0.05) is 32.6 Å². The predicted molar refractivity (Wildman–Crippen MR) is 135 cm³/mol. The quantitative estimate of drug-likeness (QED) is 0.123. The van der Waals surface area contributed by atoms with Gasteiger partial charge in [0.05, 0.1) is 0 Å². The largest absolute Gasteiger partial charge is 0.463 e. The van der Waals surface area contributed by atoms with Crippen molar-refractivity contribution in [2.24, 2.45) is 5.92 Å². The Bertz CT molecular complexity index is 1060. The van der Waals surface area contributed by atoms with Gasteiger partial charge >= 0.3 is 29.8 Å². The second-order valence-electron chi connectivity index (χ2n) is 10.7. The Morgan fingerprint density at radius 3 is 1.95 bits per heavy atom. The van der Waals surface area contributed by atoms with Crippen molar-refractivity contribution in [1.82, 2.24) is 0 Å². The molecule has 0 N–H and O–H groups in total. The van der Waals surface area contributed by atoms with Crippen LogP contribution in [0.25, 0.3) is 0 Å². The lowest BCUT2D eigenvalue weighted by molar-refractivity contribution is -0.545. The Labute approximate surface area is 236 Å². The zero-order valence-corrected chi connectivity index (χ0v) is 24.3. The fourth-order valence-corrected chi connectivity index (χ4v) is 4.55. The van der Waals surface area contributed by atoms with Crippen LogP contribution in [0.5, 0.6) is 0 Å². The van der Waals surface area contributed by atoms with Crippen LogP contribution in [-0.4, -0.2) is 89.8 Å². The molecule has 0 aromatic carbocycles. The first-order chi connectivity index (χ1) is 18.9. The molecule has 15 nitrogen and oxygen atoms in total. The van der Waals surface area contributed by atoms with Gasteiger partial charge in [0.2, 0.25) is 0 Å². The van der Waals surface area contributed by atoms with Crippen LogP contribution in [-0.2, 0) is 57.1 Å². The van der Waals surface area contributed by atoms with Gasteiger partial charge in [-0.05, 0) is 39.7 Å². The fourth-order valence-electron chi connectivity index (χ4n) is 4.55. The molecule has 1 aliphatic carbocycles. The van der Waals surface area contributed by atoms with Crippen molar-refractivity contribution in [2.45, 2.75) is 110 Å². The molecule has 230 valence electrons. The number of allylic oxidation sites excluding steroid dienone is 1. The molecule has 1 fully saturated rings. The molecular formula is C26H37NO14. The average Bonchev–Trinajstić information content (AvgIpc) is 2.80. The van der Waals surface area contributed by atoms with Gasteiger partial charge < -0.3 is 33.2 Å². The smallest absolute Gasteiger partial charge is 0.316 e. The molecular weight excluding hydrogens is 550 g/mol. The van der Waals surface area contributed by atoms with Crippen LogP contribution in [0.1, 0.15) is 61.8 Å². The molecule has 0 bridgehead atoms. The van der Waals surface area contributed by atoms with Gasteiger partial charge in [-0.2, -0.15) is 0 Å². The maximum Gasteiger partial charge on any atom is 0.316 e. The zero-order valence-electron chi connectivity index (χ0n) is 24.3. The molecule has 0 aromatic rings. The highest BCUT2D eigenvalue weighted by molar-refractivity contribution is 5.74. The molecule has 2 aliphatic rings. The zero-order chi connectivity index (χ0) is 31.2. The molecule has 1 heterocycles. The van der Waals surface area contributed by atoms with Gasteiger partial charge in [-0.15, -0.1) is 0 Å². The molecule has 8 unspecified atom stereocenters. The maximum atomic E-state index is 12.9. The van der Waals surface area contributed by atoms with Gasteiger partial charge in [0.25, 0.3) is 6.04 Å². The average molecular weight is 588 g/mol. The van der Waals surface area contributed by atoms with E-state index in [2.05, 4.69) is 0 Å². The third kappa shape index (κ3) is 9.49. The van der Waals surface area contributed by atoms with Crippen molar-refractivity contribution >= 4 is 29.8 Å². The van der Waals surface area contributed by atoms with E-state index in [1.165, 1.54) is 0 Å². The van der Waals surface area contributed by atoms with Crippen LogP contribution in [0.3, 0.4) is 0 Å². The summed E-state index contributed by atoms with van der Waals surface area (Å²) in [6, 6.07) is -1.64. The van der Waals surface area contributed by atoms with E-state index in [9.17, 15) is 34.1 Å². The number of ether oxygens (including phenoxy) is 7. The molecule has 8 atom stereocenters. The van der Waals surface area contributed by atoms with Crippen molar-refractivity contribution in [3.05, 3.63) is 21.8 Å². The van der Waals surface area contributed by atoms with Crippen LogP contribution in [0.15, 0.2) is 11.6 Å². The van der Waals surface area contributed by atoms with Crippen LogP contribution >= 0.6 is 0 Å². The summed E-state index contributed by atoms with van der Waals surface area (Å²) >= 11 is 0. The maximum absolute atomic E-state index is 12.9. The van der Waals surface area contributed by atoms with Gasteiger partial charge in [0.15, 0.2) is 24.6 Å². The predicted octanol–water partition coefficient (Wildman–Crippen LogP) is 1.41. The van der Waals surface area contributed by atoms with Gasteiger partial charge in [-0.3, -0.25) is 34.1 Å². The summed E-state index contributed by atoms with van der Waals surface area (Å²) in [5.74, 6) is -5.28. The lowest BCUT2D eigenvalue weighted by atomic mass is 9.83. The third-order valence-corrected chi connectivity index (χ3v) is 6.05. The van der Waals surface area contributed by atoms with Crippen molar-refractivity contribution in [3.63, 3.8) is 0 Å². The van der Waals surface area contributed by atoms with E-state index in [0.717, 1.165) is 27.7 Å². The summed E-state index contributed by atoms with van der Waals surface area (Å²) in [5, 5.41) is 12.3. The lowest BCUT2D eigenvalue weighted by Crippen LogP contribution is -2.64. The number of esters is 5. The first-order valence-electron chi connectivity index (χ1n) is 12.9. The van der Waals surface area contributed by atoms with Crippen LogP contribution in [0.4, 0.5) is 0 Å². The van der Waals surface area contributed by atoms with Gasteiger partial charge in [0.1, 0.15) is 30.3 Å². The Kier molecular flexibility index (Phi) is 11.4. The van der Waals surface area contributed by atoms with E-state index in [1.54, 1.807) is 33.8 Å². The normalized spacial score (nSPS) is 29.8. The van der Waals surface area contributed by atoms with Crippen molar-refractivity contribution in [2.75, 3.05) is 6.61 Å². The van der Waals surface area contributed by atoms with E-state index < -0.39 is 95.7 Å². The molecule has 1 aliphatic heterocycles. The highest BCUT2D eigenvalue weighted by Gasteiger charge is 2.56. The molecule has 1 saturated heterocycles. The highest BCUT2D eigenvalue weighted by Crippen LogP contribution is 2.36. The Balaban J connectivity index is 2.56. The molecule has 0 radical (unpaired) electrons. The van der Waals surface area contributed by atoms with Crippen molar-refractivity contribution < 1.29 is 62.1 Å². The Morgan fingerprint density at radius 2 is 1.46 bits per heavy atom. The summed E-state index contributed by atoms with van der Waals surface area (Å²) in [7, 11) is 0. The highest BCUT2D eigenvalue weighted by atomic mass is 16.7. The number of hydrogen-bond donors (Lipinski definition) is 0. The van der Waals surface area contributed by atoms with E-state index in [0.29, 0.717) is 5.57 Å². The Hall–Kier alpha value is -3.59. The molecule has 0 amide bonds. The summed E-state index contributed by atoms with van der Waals surface area (Å²) < 4.78 is 38.5. The van der Waals surface area contributed by atoms with Crippen LogP contribution < -0.4 is 0 Å². The van der Waals surface area contributed by atoms with E-state index >= 15 is 0 Å². The number of hydrogen-bond acceptors (Lipinski definition) is 14. The minimum Gasteiger partial charge on any atom is -0.463 e. The number of nitro groups is 1. The Morgan fingerprint density at radius 1 is 0.927 bits per heavy atom. The first kappa shape index (κ1) is 33.6. The van der Waals surface area contributed by atoms with E-state index in [1.807, 2.05) is 0 Å². The SMILES string of the molecule is CC(=O)OCC1OC(OC2C(C)=CCC(C(=O)OC(C)(C)C)C2[N+](=O)[O-])C(OC(C)=O)C(OC(C)=O)C1OC(C)=O. The molecule has 41 heavy (non-hydrogen) atoms. The summed E-state index contributed by atoms with van der Waals surface area (Å²) in [6.45, 7) is 10.2. The summed E-state index contributed by atoms with van der Waals surface area (Å²) in [4.78, 5) is 72.2. The lowest BCUT2D eigenvalue weighted by Gasteiger charge is -2.45. The number of carbonyl (C=O) groups excluding carboxylic acids is 5. The molecule has 0 spiro atoms. The second kappa shape index (κ2) is 13.9. The second-order valence-corrected chi connectivity index (χ2v) is 10.7. The monoisotopic (exact) mass is 587 g/mol. The topological polar surface area (TPSA) is 193 Å². The number of carbonyl (C=O) groups is 5. The van der Waals surface area contributed by atoms with Crippen molar-refractivity contribution in [1.29, 1.82) is 0 Å². The van der Waals surface area contributed by atoms with Crippen LogP contribution in [0.2, 0.25) is 0 Å². The number of rotatable bonds is 9. The molecule has 2 rings (SSSR count). The first-order valence-corrected chi connectivity index (χ1v) is 12.9. The number of nitrogens with zero attached hydrogens (tertiary/aromatic N) is 1. The minimum absolute atomic E-state index is 0.00479. The van der Waals surface area contributed by atoms with Gasteiger partial charge in [-0.1, -0.05) is 6.08 Å².